The Kier molecular flexibility index (Phi) is 8.72. The molecule has 0 N–H and O–H groups in total. The number of para-hydroxylation sites is 1. The van der Waals surface area contributed by atoms with Crippen molar-refractivity contribution in [3.8, 4) is 11.5 Å². The van der Waals surface area contributed by atoms with Crippen LogP contribution in [0.3, 0.4) is 0 Å². The normalized spacial score (nSPS) is 19.4. The number of carbonyl (C=O) groups is 1. The van der Waals surface area contributed by atoms with Gasteiger partial charge in [0.15, 0.2) is 0 Å². The summed E-state index contributed by atoms with van der Waals surface area (Å²) < 4.78 is 11.7. The van der Waals surface area contributed by atoms with Gasteiger partial charge in [0, 0.05) is 38.6 Å². The number of fused-ring (bicyclic) bond motifs is 1. The molecule has 1 saturated heterocycles. The van der Waals surface area contributed by atoms with E-state index in [1.807, 2.05) is 26.0 Å². The maximum absolute atomic E-state index is 12.6. The van der Waals surface area contributed by atoms with Gasteiger partial charge in [0.05, 0.1) is 7.11 Å². The van der Waals surface area contributed by atoms with Crippen molar-refractivity contribution >= 4 is 5.91 Å². The van der Waals surface area contributed by atoms with Gasteiger partial charge < -0.3 is 14.4 Å². The van der Waals surface area contributed by atoms with E-state index in [4.69, 9.17) is 9.47 Å². The van der Waals surface area contributed by atoms with E-state index in [1.165, 1.54) is 30.4 Å². The third-order valence-corrected chi connectivity index (χ3v) is 7.79. The van der Waals surface area contributed by atoms with E-state index in [9.17, 15) is 4.79 Å². The van der Waals surface area contributed by atoms with Gasteiger partial charge in [-0.2, -0.15) is 0 Å². The van der Waals surface area contributed by atoms with Gasteiger partial charge >= 0.3 is 0 Å². The zero-order chi connectivity index (χ0) is 24.7. The summed E-state index contributed by atoms with van der Waals surface area (Å²) in [6.45, 7) is 9.30. The van der Waals surface area contributed by atoms with Crippen LogP contribution < -0.4 is 9.47 Å². The van der Waals surface area contributed by atoms with Crippen molar-refractivity contribution < 1.29 is 14.3 Å². The van der Waals surface area contributed by atoms with E-state index in [0.717, 1.165) is 63.5 Å². The number of benzene rings is 2. The number of carbonyl (C=O) groups excluding carboxylic acids is 1. The standard InChI is InChI=1S/C30H42N2O3/c1-24(2)29(33)32-18-16-30(17-19-32)15-7-6-9-26-8-4-5-10-28(26)35-21-20-31(23-30)22-25-11-13-27(34-3)14-12-25/h4-5,8,10-14,24H,6-7,9,15-23H2,1-3H3. The molecule has 2 aromatic carbocycles. The summed E-state index contributed by atoms with van der Waals surface area (Å²) in [5, 5.41) is 0. The van der Waals surface area contributed by atoms with Crippen LogP contribution in [-0.2, 0) is 17.8 Å². The van der Waals surface area contributed by atoms with Crippen LogP contribution in [0.5, 0.6) is 11.5 Å². The molecule has 5 heteroatoms. The predicted molar refractivity (Wildman–Crippen MR) is 141 cm³/mol. The lowest BCUT2D eigenvalue weighted by Gasteiger charge is -2.45. The molecule has 0 aromatic heterocycles. The predicted octanol–water partition coefficient (Wildman–Crippen LogP) is 5.57. The highest BCUT2D eigenvalue weighted by atomic mass is 16.5. The molecule has 2 aliphatic heterocycles. The SMILES string of the molecule is COc1ccc(CN2CCOc3ccccc3CCCCC3(CCN(C(=O)C(C)C)CC3)C2)cc1. The smallest absolute Gasteiger partial charge is 0.225 e. The molecule has 0 unspecified atom stereocenters. The molecule has 5 nitrogen and oxygen atoms in total. The number of ether oxygens (including phenoxy) is 2. The first-order valence-corrected chi connectivity index (χ1v) is 13.3. The molecule has 190 valence electrons. The minimum atomic E-state index is 0.0733. The molecule has 0 saturated carbocycles. The number of piperidine rings is 1. The average molecular weight is 479 g/mol. The fraction of sp³-hybridized carbons (Fsp3) is 0.567. The number of hydrogen-bond donors (Lipinski definition) is 0. The Hall–Kier alpha value is -2.53. The molecule has 1 fully saturated rings. The van der Waals surface area contributed by atoms with Crippen molar-refractivity contribution in [3.05, 3.63) is 59.7 Å². The second-order valence-electron chi connectivity index (χ2n) is 10.7. The van der Waals surface area contributed by atoms with Crippen LogP contribution in [0, 0.1) is 11.3 Å². The monoisotopic (exact) mass is 478 g/mol. The molecule has 4 rings (SSSR count). The Morgan fingerprint density at radius 2 is 1.74 bits per heavy atom. The van der Waals surface area contributed by atoms with E-state index >= 15 is 0 Å². The Morgan fingerprint density at radius 1 is 1.00 bits per heavy atom. The van der Waals surface area contributed by atoms with Gasteiger partial charge in [-0.25, -0.2) is 0 Å². The van der Waals surface area contributed by atoms with Crippen molar-refractivity contribution in [1.29, 1.82) is 0 Å². The molecular formula is C30H42N2O3. The van der Waals surface area contributed by atoms with Crippen LogP contribution in [0.2, 0.25) is 0 Å². The van der Waals surface area contributed by atoms with E-state index < -0.39 is 0 Å². The zero-order valence-electron chi connectivity index (χ0n) is 21.8. The zero-order valence-corrected chi connectivity index (χ0v) is 21.8. The highest BCUT2D eigenvalue weighted by Gasteiger charge is 2.37. The first-order valence-electron chi connectivity index (χ1n) is 13.3. The van der Waals surface area contributed by atoms with E-state index in [-0.39, 0.29) is 11.3 Å². The highest BCUT2D eigenvalue weighted by Crippen LogP contribution is 2.39. The van der Waals surface area contributed by atoms with E-state index in [0.29, 0.717) is 12.5 Å². The van der Waals surface area contributed by atoms with Crippen LogP contribution in [0.15, 0.2) is 48.5 Å². The topological polar surface area (TPSA) is 42.0 Å². The van der Waals surface area contributed by atoms with Gasteiger partial charge in [-0.15, -0.1) is 0 Å². The molecule has 1 amide bonds. The summed E-state index contributed by atoms with van der Waals surface area (Å²) in [6.07, 6.45) is 6.85. The lowest BCUT2D eigenvalue weighted by molar-refractivity contribution is -0.137. The second kappa shape index (κ2) is 11.9. The Balaban J connectivity index is 1.52. The summed E-state index contributed by atoms with van der Waals surface area (Å²) in [4.78, 5) is 17.3. The fourth-order valence-electron chi connectivity index (χ4n) is 5.68. The molecule has 0 atom stereocenters. The van der Waals surface area contributed by atoms with Crippen molar-refractivity contribution in [3.63, 3.8) is 0 Å². The Labute approximate surface area is 211 Å². The molecule has 1 spiro atoms. The molecule has 0 bridgehead atoms. The molecule has 2 aliphatic rings. The number of likely N-dealkylation sites (tertiary alicyclic amines) is 1. The largest absolute Gasteiger partial charge is 0.497 e. The fourth-order valence-corrected chi connectivity index (χ4v) is 5.68. The minimum absolute atomic E-state index is 0.0733. The number of hydrogen-bond acceptors (Lipinski definition) is 4. The molecule has 2 aromatic rings. The Bertz CT molecular complexity index is 948. The molecule has 2 heterocycles. The van der Waals surface area contributed by atoms with Crippen LogP contribution >= 0.6 is 0 Å². The quantitative estimate of drug-likeness (QED) is 0.576. The number of amides is 1. The number of nitrogens with zero attached hydrogens (tertiary/aromatic N) is 2. The molecular weight excluding hydrogens is 436 g/mol. The highest BCUT2D eigenvalue weighted by molar-refractivity contribution is 5.78. The summed E-state index contributed by atoms with van der Waals surface area (Å²) in [5.74, 6) is 2.30. The maximum Gasteiger partial charge on any atom is 0.225 e. The third kappa shape index (κ3) is 6.78. The molecule has 0 radical (unpaired) electrons. The van der Waals surface area contributed by atoms with E-state index in [1.54, 1.807) is 7.11 Å². The van der Waals surface area contributed by atoms with Crippen LogP contribution in [0.25, 0.3) is 0 Å². The van der Waals surface area contributed by atoms with Gasteiger partial charge in [0.2, 0.25) is 5.91 Å². The van der Waals surface area contributed by atoms with Crippen molar-refractivity contribution in [2.45, 2.75) is 58.9 Å². The van der Waals surface area contributed by atoms with Crippen LogP contribution in [0.1, 0.15) is 57.1 Å². The van der Waals surface area contributed by atoms with Crippen LogP contribution in [-0.4, -0.2) is 55.6 Å². The first kappa shape index (κ1) is 25.6. The Morgan fingerprint density at radius 3 is 2.46 bits per heavy atom. The summed E-state index contributed by atoms with van der Waals surface area (Å²) in [7, 11) is 1.71. The lowest BCUT2D eigenvalue weighted by atomic mass is 9.73. The van der Waals surface area contributed by atoms with Gasteiger partial charge in [0.1, 0.15) is 18.1 Å². The third-order valence-electron chi connectivity index (χ3n) is 7.79. The van der Waals surface area contributed by atoms with Gasteiger partial charge in [-0.1, -0.05) is 50.6 Å². The summed E-state index contributed by atoms with van der Waals surface area (Å²) in [5.41, 5.74) is 2.86. The lowest BCUT2D eigenvalue weighted by Crippen LogP contribution is -2.49. The van der Waals surface area contributed by atoms with E-state index in [2.05, 4.69) is 46.2 Å². The summed E-state index contributed by atoms with van der Waals surface area (Å²) >= 11 is 0. The van der Waals surface area contributed by atoms with Crippen molar-refractivity contribution in [2.24, 2.45) is 11.3 Å². The van der Waals surface area contributed by atoms with Gasteiger partial charge in [-0.05, 0) is 66.8 Å². The number of methoxy groups -OCH3 is 1. The van der Waals surface area contributed by atoms with Crippen LogP contribution in [0.4, 0.5) is 0 Å². The van der Waals surface area contributed by atoms with Crippen molar-refractivity contribution in [2.75, 3.05) is 39.9 Å². The van der Waals surface area contributed by atoms with Gasteiger partial charge in [-0.3, -0.25) is 9.69 Å². The first-order chi connectivity index (χ1) is 17.0. The molecule has 0 aliphatic carbocycles. The second-order valence-corrected chi connectivity index (χ2v) is 10.7. The maximum atomic E-state index is 12.6. The minimum Gasteiger partial charge on any atom is -0.497 e. The van der Waals surface area contributed by atoms with Crippen molar-refractivity contribution in [1.82, 2.24) is 9.80 Å². The summed E-state index contributed by atoms with van der Waals surface area (Å²) in [6, 6.07) is 16.9. The number of aryl methyl sites for hydroxylation is 1. The molecule has 35 heavy (non-hydrogen) atoms. The average Bonchev–Trinajstić information content (AvgIpc) is 2.87. The van der Waals surface area contributed by atoms with Gasteiger partial charge in [0.25, 0.3) is 0 Å². The number of rotatable bonds is 4.